The van der Waals surface area contributed by atoms with Crippen LogP contribution >= 0.6 is 0 Å². The molecule has 0 radical (unpaired) electrons. The molecule has 1 N–H and O–H groups in total. The average molecular weight is 253 g/mol. The number of nitrogens with one attached hydrogen (secondary N) is 1. The highest BCUT2D eigenvalue weighted by Gasteiger charge is 2.23. The fraction of sp³-hybridized carbons (Fsp3) is 0.571. The number of benzene rings is 1. The largest absolute Gasteiger partial charge is 0.350 e. The van der Waals surface area contributed by atoms with E-state index in [0.29, 0.717) is 25.2 Å². The van der Waals surface area contributed by atoms with Crippen LogP contribution in [0.4, 0.5) is 4.39 Å². The Balaban J connectivity index is 2.06. The molecule has 1 aromatic carbocycles. The Morgan fingerprint density at radius 3 is 2.72 bits per heavy atom. The normalized spacial score (nSPS) is 18.1. The second-order valence-electron chi connectivity index (χ2n) is 4.44. The van der Waals surface area contributed by atoms with Crippen LogP contribution in [-0.4, -0.2) is 26.0 Å². The van der Waals surface area contributed by atoms with Gasteiger partial charge in [0.25, 0.3) is 0 Å². The maximum Gasteiger partial charge on any atom is 0.159 e. The van der Waals surface area contributed by atoms with E-state index >= 15 is 0 Å². The van der Waals surface area contributed by atoms with Gasteiger partial charge in [-0.2, -0.15) is 0 Å². The van der Waals surface area contributed by atoms with Crippen LogP contribution in [0.2, 0.25) is 0 Å². The maximum atomic E-state index is 13.8. The number of hydrogen-bond donors (Lipinski definition) is 1. The molecule has 0 aliphatic carbocycles. The topological polar surface area (TPSA) is 30.5 Å². The fourth-order valence-corrected chi connectivity index (χ4v) is 2.13. The summed E-state index contributed by atoms with van der Waals surface area (Å²) in [5, 5.41) is 3.35. The molecule has 0 bridgehead atoms. The molecule has 1 unspecified atom stereocenters. The lowest BCUT2D eigenvalue weighted by molar-refractivity contribution is -0.0531. The van der Waals surface area contributed by atoms with Crippen LogP contribution in [0.25, 0.3) is 0 Å². The predicted octanol–water partition coefficient (Wildman–Crippen LogP) is 2.63. The molecule has 1 aliphatic rings. The van der Waals surface area contributed by atoms with Gasteiger partial charge in [0.15, 0.2) is 6.29 Å². The van der Waals surface area contributed by atoms with Crippen LogP contribution < -0.4 is 5.32 Å². The Labute approximate surface area is 107 Å². The quantitative estimate of drug-likeness (QED) is 0.845. The van der Waals surface area contributed by atoms with E-state index in [4.69, 9.17) is 9.47 Å². The van der Waals surface area contributed by atoms with Crippen molar-refractivity contribution in [3.8, 4) is 0 Å². The summed E-state index contributed by atoms with van der Waals surface area (Å²) in [7, 11) is 0. The van der Waals surface area contributed by atoms with Crippen LogP contribution in [0.5, 0.6) is 0 Å². The fourth-order valence-electron chi connectivity index (χ4n) is 2.13. The zero-order valence-electron chi connectivity index (χ0n) is 10.7. The number of ether oxygens (including phenoxy) is 2. The molecule has 1 aromatic rings. The number of rotatable bonds is 6. The first-order valence-corrected chi connectivity index (χ1v) is 6.52. The van der Waals surface area contributed by atoms with Gasteiger partial charge in [0.2, 0.25) is 0 Å². The highest BCUT2D eigenvalue weighted by atomic mass is 19.1. The standard InChI is InChI=1S/C14H20FNO2/c1-2-7-16-13(10-14-17-8-9-18-14)11-5-3-4-6-12(11)15/h3-6,13-14,16H,2,7-10H2,1H3. The molecule has 0 amide bonds. The predicted molar refractivity (Wildman–Crippen MR) is 67.7 cm³/mol. The maximum absolute atomic E-state index is 13.8. The molecule has 0 saturated carbocycles. The minimum Gasteiger partial charge on any atom is -0.350 e. The summed E-state index contributed by atoms with van der Waals surface area (Å²) >= 11 is 0. The molecule has 1 heterocycles. The Bertz CT molecular complexity index is 367. The SMILES string of the molecule is CCCNC(CC1OCCO1)c1ccccc1F. The second kappa shape index (κ2) is 6.83. The van der Waals surface area contributed by atoms with E-state index in [1.54, 1.807) is 6.07 Å². The summed E-state index contributed by atoms with van der Waals surface area (Å²) in [6.07, 6.45) is 1.43. The zero-order chi connectivity index (χ0) is 12.8. The van der Waals surface area contributed by atoms with Crippen molar-refractivity contribution in [1.29, 1.82) is 0 Å². The molecular weight excluding hydrogens is 233 g/mol. The van der Waals surface area contributed by atoms with E-state index in [-0.39, 0.29) is 18.1 Å². The Morgan fingerprint density at radius 2 is 2.06 bits per heavy atom. The monoisotopic (exact) mass is 253 g/mol. The zero-order valence-corrected chi connectivity index (χ0v) is 10.7. The van der Waals surface area contributed by atoms with E-state index in [2.05, 4.69) is 12.2 Å². The van der Waals surface area contributed by atoms with E-state index < -0.39 is 0 Å². The third-order valence-corrected chi connectivity index (χ3v) is 3.04. The van der Waals surface area contributed by atoms with Gasteiger partial charge in [-0.3, -0.25) is 0 Å². The molecule has 3 nitrogen and oxygen atoms in total. The molecule has 100 valence electrons. The molecule has 18 heavy (non-hydrogen) atoms. The molecule has 4 heteroatoms. The summed E-state index contributed by atoms with van der Waals surface area (Å²) in [6, 6.07) is 6.81. The lowest BCUT2D eigenvalue weighted by Gasteiger charge is -2.22. The van der Waals surface area contributed by atoms with E-state index in [1.807, 2.05) is 12.1 Å². The highest BCUT2D eigenvalue weighted by molar-refractivity contribution is 5.21. The van der Waals surface area contributed by atoms with E-state index in [0.717, 1.165) is 13.0 Å². The van der Waals surface area contributed by atoms with Gasteiger partial charge >= 0.3 is 0 Å². The van der Waals surface area contributed by atoms with Crippen LogP contribution in [0, 0.1) is 5.82 Å². The van der Waals surface area contributed by atoms with Gasteiger partial charge in [0.05, 0.1) is 13.2 Å². The Hall–Kier alpha value is -0.970. The molecule has 2 rings (SSSR count). The summed E-state index contributed by atoms with van der Waals surface area (Å²) < 4.78 is 24.7. The van der Waals surface area contributed by atoms with Gasteiger partial charge in [0, 0.05) is 18.0 Å². The van der Waals surface area contributed by atoms with Crippen LogP contribution in [0.3, 0.4) is 0 Å². The Morgan fingerprint density at radius 1 is 1.33 bits per heavy atom. The summed E-state index contributed by atoms with van der Waals surface area (Å²) in [5.74, 6) is -0.177. The van der Waals surface area contributed by atoms with Crippen LogP contribution in [-0.2, 0) is 9.47 Å². The van der Waals surface area contributed by atoms with Gasteiger partial charge < -0.3 is 14.8 Å². The van der Waals surface area contributed by atoms with Crippen LogP contribution in [0.1, 0.15) is 31.4 Å². The lowest BCUT2D eigenvalue weighted by Crippen LogP contribution is -2.27. The van der Waals surface area contributed by atoms with Crippen molar-refractivity contribution in [3.63, 3.8) is 0 Å². The highest BCUT2D eigenvalue weighted by Crippen LogP contribution is 2.24. The number of halogens is 1. The lowest BCUT2D eigenvalue weighted by atomic mass is 10.0. The molecule has 1 fully saturated rings. The van der Waals surface area contributed by atoms with Crippen molar-refractivity contribution in [2.75, 3.05) is 19.8 Å². The first-order valence-electron chi connectivity index (χ1n) is 6.52. The van der Waals surface area contributed by atoms with Crippen LogP contribution in [0.15, 0.2) is 24.3 Å². The molecular formula is C14H20FNO2. The van der Waals surface area contributed by atoms with Crippen molar-refractivity contribution >= 4 is 0 Å². The first-order chi connectivity index (χ1) is 8.81. The van der Waals surface area contributed by atoms with Gasteiger partial charge in [-0.15, -0.1) is 0 Å². The minimum atomic E-state index is -0.223. The summed E-state index contributed by atoms with van der Waals surface area (Å²) in [6.45, 7) is 4.20. The first kappa shape index (κ1) is 13.5. The van der Waals surface area contributed by atoms with Crippen molar-refractivity contribution in [1.82, 2.24) is 5.32 Å². The van der Waals surface area contributed by atoms with Crippen molar-refractivity contribution in [2.24, 2.45) is 0 Å². The molecule has 1 aliphatic heterocycles. The second-order valence-corrected chi connectivity index (χ2v) is 4.44. The Kier molecular flexibility index (Phi) is 5.11. The summed E-state index contributed by atoms with van der Waals surface area (Å²) in [4.78, 5) is 0. The van der Waals surface area contributed by atoms with Crippen molar-refractivity contribution in [2.45, 2.75) is 32.1 Å². The smallest absolute Gasteiger partial charge is 0.159 e. The van der Waals surface area contributed by atoms with Crippen molar-refractivity contribution < 1.29 is 13.9 Å². The van der Waals surface area contributed by atoms with E-state index in [1.165, 1.54) is 6.07 Å². The van der Waals surface area contributed by atoms with Gasteiger partial charge in [-0.25, -0.2) is 4.39 Å². The van der Waals surface area contributed by atoms with Gasteiger partial charge in [-0.05, 0) is 19.0 Å². The molecule has 1 saturated heterocycles. The van der Waals surface area contributed by atoms with Gasteiger partial charge in [-0.1, -0.05) is 25.1 Å². The average Bonchev–Trinajstić information content (AvgIpc) is 2.88. The minimum absolute atomic E-state index is 0.0609. The molecule has 1 atom stereocenters. The van der Waals surface area contributed by atoms with Crippen molar-refractivity contribution in [3.05, 3.63) is 35.6 Å². The third kappa shape index (κ3) is 3.51. The number of hydrogen-bond acceptors (Lipinski definition) is 3. The molecule has 0 spiro atoms. The van der Waals surface area contributed by atoms with Gasteiger partial charge in [0.1, 0.15) is 5.82 Å². The summed E-state index contributed by atoms with van der Waals surface area (Å²) in [5.41, 5.74) is 0.685. The molecule has 0 aromatic heterocycles. The van der Waals surface area contributed by atoms with E-state index in [9.17, 15) is 4.39 Å². The third-order valence-electron chi connectivity index (χ3n) is 3.04.